The Kier molecular flexibility index (Phi) is 3.97. The van der Waals surface area contributed by atoms with Crippen molar-refractivity contribution in [3.05, 3.63) is 35.9 Å². The highest BCUT2D eigenvalue weighted by molar-refractivity contribution is 7.95. The van der Waals surface area contributed by atoms with Crippen LogP contribution in [0.25, 0.3) is 0 Å². The van der Waals surface area contributed by atoms with Crippen LogP contribution in [0, 0.1) is 0 Å². The Morgan fingerprint density at radius 3 is 2.56 bits per heavy atom. The predicted octanol–water partition coefficient (Wildman–Crippen LogP) is 3.08. The second-order valence-corrected chi connectivity index (χ2v) is 6.08. The van der Waals surface area contributed by atoms with Gasteiger partial charge in [-0.1, -0.05) is 43.7 Å². The van der Waals surface area contributed by atoms with Crippen molar-refractivity contribution in [1.82, 2.24) is 8.61 Å². The summed E-state index contributed by atoms with van der Waals surface area (Å²) in [5.41, 5.74) is 0.821. The van der Waals surface area contributed by atoms with E-state index in [1.807, 2.05) is 36.5 Å². The van der Waals surface area contributed by atoms with E-state index in [9.17, 15) is 4.79 Å². The molecule has 1 aliphatic rings. The zero-order chi connectivity index (χ0) is 13.2. The van der Waals surface area contributed by atoms with E-state index in [0.29, 0.717) is 6.54 Å². The van der Waals surface area contributed by atoms with Crippen molar-refractivity contribution in [2.45, 2.75) is 38.8 Å². The number of amides is 1. The summed E-state index contributed by atoms with van der Waals surface area (Å²) in [4.78, 5) is 12.5. The van der Waals surface area contributed by atoms with Crippen LogP contribution in [0.4, 0.5) is 0 Å². The normalized spacial score (nSPS) is 24.8. The van der Waals surface area contributed by atoms with Gasteiger partial charge in [-0.25, -0.2) is 4.31 Å². The highest BCUT2D eigenvalue weighted by atomic mass is 32.2. The smallest absolute Gasteiger partial charge is 0.254 e. The van der Waals surface area contributed by atoms with E-state index in [4.69, 9.17) is 0 Å². The Bertz CT molecular complexity index is 423. The highest BCUT2D eigenvalue weighted by Gasteiger charge is 2.47. The van der Waals surface area contributed by atoms with Crippen molar-refractivity contribution in [1.29, 1.82) is 0 Å². The van der Waals surface area contributed by atoms with E-state index in [1.165, 1.54) is 17.7 Å². The Morgan fingerprint density at radius 1 is 1.28 bits per heavy atom. The molecule has 1 amide bonds. The molecule has 0 aliphatic carbocycles. The van der Waals surface area contributed by atoms with E-state index in [2.05, 4.69) is 23.4 Å². The molecule has 1 aromatic carbocycles. The number of rotatable bonds is 4. The van der Waals surface area contributed by atoms with Gasteiger partial charge in [0.1, 0.15) is 5.54 Å². The predicted molar refractivity (Wildman–Crippen MR) is 75.7 cm³/mol. The molecule has 1 unspecified atom stereocenters. The van der Waals surface area contributed by atoms with Crippen molar-refractivity contribution in [3.63, 3.8) is 0 Å². The number of carbonyl (C=O) groups is 1. The summed E-state index contributed by atoms with van der Waals surface area (Å²) >= 11 is 1.53. The summed E-state index contributed by atoms with van der Waals surface area (Å²) < 4.78 is 3.95. The third-order valence-corrected chi connectivity index (χ3v) is 4.65. The third kappa shape index (κ3) is 2.40. The minimum Gasteiger partial charge on any atom is -0.272 e. The summed E-state index contributed by atoms with van der Waals surface area (Å²) in [7, 11) is 2.00. The van der Waals surface area contributed by atoms with Gasteiger partial charge in [0.25, 0.3) is 5.91 Å². The van der Waals surface area contributed by atoms with Crippen molar-refractivity contribution >= 4 is 18.0 Å². The van der Waals surface area contributed by atoms with Crippen LogP contribution >= 0.6 is 12.1 Å². The first-order valence-electron chi connectivity index (χ1n) is 6.35. The topological polar surface area (TPSA) is 23.6 Å². The fourth-order valence-electron chi connectivity index (χ4n) is 2.28. The van der Waals surface area contributed by atoms with Crippen LogP contribution in [0.2, 0.25) is 0 Å². The van der Waals surface area contributed by atoms with Gasteiger partial charge in [-0.2, -0.15) is 0 Å². The van der Waals surface area contributed by atoms with Crippen LogP contribution in [0.3, 0.4) is 0 Å². The first-order chi connectivity index (χ1) is 8.58. The molecular weight excluding hydrogens is 244 g/mol. The molecule has 1 heterocycles. The monoisotopic (exact) mass is 264 g/mol. The van der Waals surface area contributed by atoms with E-state index in [0.717, 1.165) is 12.8 Å². The number of nitrogens with zero attached hydrogens (tertiary/aromatic N) is 2. The molecule has 0 spiro atoms. The number of benzene rings is 1. The first-order valence-corrected chi connectivity index (χ1v) is 7.09. The fourth-order valence-corrected chi connectivity index (χ4v) is 3.40. The molecule has 18 heavy (non-hydrogen) atoms. The molecule has 0 bridgehead atoms. The molecule has 1 aliphatic heterocycles. The third-order valence-electron chi connectivity index (χ3n) is 3.51. The van der Waals surface area contributed by atoms with Gasteiger partial charge in [-0.05, 0) is 18.9 Å². The maximum atomic E-state index is 12.5. The summed E-state index contributed by atoms with van der Waals surface area (Å²) in [6.45, 7) is 4.84. The van der Waals surface area contributed by atoms with Crippen LogP contribution in [-0.2, 0) is 11.3 Å². The van der Waals surface area contributed by atoms with E-state index in [1.54, 1.807) is 0 Å². The van der Waals surface area contributed by atoms with Gasteiger partial charge in [0.2, 0.25) is 0 Å². The maximum Gasteiger partial charge on any atom is 0.254 e. The van der Waals surface area contributed by atoms with Gasteiger partial charge < -0.3 is 0 Å². The zero-order valence-electron chi connectivity index (χ0n) is 11.2. The van der Waals surface area contributed by atoms with Crippen LogP contribution < -0.4 is 0 Å². The van der Waals surface area contributed by atoms with E-state index < -0.39 is 0 Å². The second-order valence-electron chi connectivity index (χ2n) is 4.93. The summed E-state index contributed by atoms with van der Waals surface area (Å²) in [6.07, 6.45) is 1.92. The molecule has 98 valence electrons. The van der Waals surface area contributed by atoms with E-state index >= 15 is 0 Å². The molecule has 1 fully saturated rings. The quantitative estimate of drug-likeness (QED) is 0.781. The zero-order valence-corrected chi connectivity index (χ0v) is 12.0. The van der Waals surface area contributed by atoms with Crippen LogP contribution in [0.15, 0.2) is 30.3 Å². The number of hydrogen-bond donors (Lipinski definition) is 0. The lowest BCUT2D eigenvalue weighted by molar-refractivity contribution is -0.132. The molecule has 2 rings (SSSR count). The Labute approximate surface area is 113 Å². The molecular formula is C14H20N2OS. The second kappa shape index (κ2) is 5.33. The Morgan fingerprint density at radius 2 is 1.94 bits per heavy atom. The van der Waals surface area contributed by atoms with Gasteiger partial charge in [0, 0.05) is 19.2 Å². The van der Waals surface area contributed by atoms with Crippen LogP contribution in [0.1, 0.15) is 32.3 Å². The first kappa shape index (κ1) is 13.4. The number of likely N-dealkylation sites (N-methyl/N-ethyl adjacent to an activating group) is 1. The average Bonchev–Trinajstić information content (AvgIpc) is 2.56. The Balaban J connectivity index is 2.11. The lowest BCUT2D eigenvalue weighted by atomic mass is 9.95. The largest absolute Gasteiger partial charge is 0.272 e. The van der Waals surface area contributed by atoms with Crippen LogP contribution in [0.5, 0.6) is 0 Å². The van der Waals surface area contributed by atoms with Crippen molar-refractivity contribution in [3.8, 4) is 0 Å². The van der Waals surface area contributed by atoms with Gasteiger partial charge in [-0.3, -0.25) is 9.10 Å². The molecule has 1 atom stereocenters. The number of carbonyl (C=O) groups excluding carboxylic acids is 1. The molecule has 1 saturated heterocycles. The number of hydrogen-bond acceptors (Lipinski definition) is 3. The standard InChI is InChI=1S/C14H20N2OS/c1-4-10-14(2)13(17)16(18-15(14)3)11-12-8-6-5-7-9-12/h5-9H,4,10-11H2,1-3H3. The van der Waals surface area contributed by atoms with Crippen LogP contribution in [-0.4, -0.2) is 27.1 Å². The van der Waals surface area contributed by atoms with Gasteiger partial charge >= 0.3 is 0 Å². The lowest BCUT2D eigenvalue weighted by Gasteiger charge is -2.26. The molecule has 0 saturated carbocycles. The highest BCUT2D eigenvalue weighted by Crippen LogP contribution is 2.39. The molecule has 4 heteroatoms. The van der Waals surface area contributed by atoms with Crippen molar-refractivity contribution in [2.24, 2.45) is 0 Å². The summed E-state index contributed by atoms with van der Waals surface area (Å²) in [5.74, 6) is 0.223. The molecule has 0 aromatic heterocycles. The summed E-state index contributed by atoms with van der Waals surface area (Å²) in [5, 5.41) is 0. The van der Waals surface area contributed by atoms with E-state index in [-0.39, 0.29) is 11.4 Å². The maximum absolute atomic E-state index is 12.5. The molecule has 0 N–H and O–H groups in total. The van der Waals surface area contributed by atoms with Crippen molar-refractivity contribution < 1.29 is 4.79 Å². The fraction of sp³-hybridized carbons (Fsp3) is 0.500. The van der Waals surface area contributed by atoms with Gasteiger partial charge in [0.15, 0.2) is 0 Å². The average molecular weight is 264 g/mol. The molecule has 1 aromatic rings. The van der Waals surface area contributed by atoms with Gasteiger partial charge in [0.05, 0.1) is 6.54 Å². The minimum absolute atomic E-state index is 0.223. The molecule has 0 radical (unpaired) electrons. The minimum atomic E-state index is -0.353. The lowest BCUT2D eigenvalue weighted by Crippen LogP contribution is -2.43. The summed E-state index contributed by atoms with van der Waals surface area (Å²) in [6, 6.07) is 10.1. The van der Waals surface area contributed by atoms with Gasteiger partial charge in [-0.15, -0.1) is 0 Å². The SMILES string of the molecule is CCCC1(C)C(=O)N(Cc2ccccc2)SN1C. The Hall–Kier alpha value is -1.00. The molecule has 3 nitrogen and oxygen atoms in total. The van der Waals surface area contributed by atoms with Crippen molar-refractivity contribution in [2.75, 3.05) is 7.05 Å².